The predicted octanol–water partition coefficient (Wildman–Crippen LogP) is 1.83. The van der Waals surface area contributed by atoms with Gasteiger partial charge in [0.1, 0.15) is 17.2 Å². The van der Waals surface area contributed by atoms with E-state index < -0.39 is 5.91 Å². The van der Waals surface area contributed by atoms with Gasteiger partial charge in [-0.15, -0.1) is 0 Å². The predicted molar refractivity (Wildman–Crippen MR) is 95.5 cm³/mol. The van der Waals surface area contributed by atoms with E-state index in [1.54, 1.807) is 25.4 Å². The lowest BCUT2D eigenvalue weighted by molar-refractivity contribution is -0.123. The monoisotopic (exact) mass is 354 g/mol. The van der Waals surface area contributed by atoms with Crippen molar-refractivity contribution in [3.8, 4) is 39.6 Å². The molecule has 3 rings (SSSR count). The van der Waals surface area contributed by atoms with Crippen molar-refractivity contribution in [2.24, 2.45) is 5.84 Å². The molecule has 134 valence electrons. The Labute approximate surface area is 149 Å². The van der Waals surface area contributed by atoms with Gasteiger partial charge in [-0.3, -0.25) is 15.3 Å². The number of carbonyl (C=O) groups excluding carboxylic acids is 1. The number of aromatic amines is 1. The summed E-state index contributed by atoms with van der Waals surface area (Å²) >= 11 is 0. The van der Waals surface area contributed by atoms with Crippen molar-refractivity contribution in [1.82, 2.24) is 15.6 Å². The van der Waals surface area contributed by atoms with Crippen molar-refractivity contribution in [2.75, 3.05) is 13.7 Å². The van der Waals surface area contributed by atoms with Gasteiger partial charge >= 0.3 is 0 Å². The molecular weight excluding hydrogens is 336 g/mol. The molecule has 0 saturated heterocycles. The molecule has 1 heterocycles. The Balaban J connectivity index is 1.88. The van der Waals surface area contributed by atoms with Gasteiger partial charge in [-0.1, -0.05) is 12.1 Å². The SMILES string of the molecule is COc1ccc(-c2cn[nH]c2-c2ccc(OCC(=O)NN)cc2O)cc1. The first-order chi connectivity index (χ1) is 12.6. The minimum Gasteiger partial charge on any atom is -0.507 e. The zero-order valence-electron chi connectivity index (χ0n) is 14.0. The molecule has 26 heavy (non-hydrogen) atoms. The summed E-state index contributed by atoms with van der Waals surface area (Å²) in [6.07, 6.45) is 1.69. The van der Waals surface area contributed by atoms with Crippen molar-refractivity contribution in [2.45, 2.75) is 0 Å². The van der Waals surface area contributed by atoms with E-state index in [4.69, 9.17) is 15.3 Å². The fraction of sp³-hybridized carbons (Fsp3) is 0.111. The highest BCUT2D eigenvalue weighted by atomic mass is 16.5. The van der Waals surface area contributed by atoms with E-state index in [0.29, 0.717) is 17.0 Å². The molecule has 8 nitrogen and oxygen atoms in total. The number of amides is 1. The Morgan fingerprint density at radius 2 is 1.92 bits per heavy atom. The Hall–Kier alpha value is -3.52. The summed E-state index contributed by atoms with van der Waals surface area (Å²) in [5, 5.41) is 17.4. The average Bonchev–Trinajstić information content (AvgIpc) is 3.15. The zero-order chi connectivity index (χ0) is 18.5. The van der Waals surface area contributed by atoms with Crippen molar-refractivity contribution >= 4 is 5.91 Å². The number of carbonyl (C=O) groups is 1. The second-order valence-corrected chi connectivity index (χ2v) is 5.42. The summed E-state index contributed by atoms with van der Waals surface area (Å²) in [6, 6.07) is 12.3. The highest BCUT2D eigenvalue weighted by Crippen LogP contribution is 2.37. The number of aromatic hydroxyl groups is 1. The van der Waals surface area contributed by atoms with Crippen LogP contribution < -0.4 is 20.7 Å². The van der Waals surface area contributed by atoms with E-state index in [2.05, 4.69) is 10.2 Å². The van der Waals surface area contributed by atoms with Gasteiger partial charge in [0, 0.05) is 17.2 Å². The van der Waals surface area contributed by atoms with Gasteiger partial charge < -0.3 is 14.6 Å². The minimum absolute atomic E-state index is 0.00494. The summed E-state index contributed by atoms with van der Waals surface area (Å²) in [5.41, 5.74) is 4.95. The van der Waals surface area contributed by atoms with Crippen LogP contribution in [0.25, 0.3) is 22.4 Å². The normalized spacial score (nSPS) is 10.4. The number of ether oxygens (including phenoxy) is 2. The largest absolute Gasteiger partial charge is 0.507 e. The number of phenolic OH excluding ortho intramolecular Hbond substituents is 1. The molecule has 0 spiro atoms. The Kier molecular flexibility index (Phi) is 5.04. The molecular formula is C18H18N4O4. The number of benzene rings is 2. The standard InChI is InChI=1S/C18H18N4O4/c1-25-12-4-2-11(3-5-12)15-9-20-22-18(15)14-7-6-13(8-16(14)23)26-10-17(24)21-19/h2-9,23H,10,19H2,1H3,(H,20,22)(H,21,24). The van der Waals surface area contributed by atoms with E-state index in [1.807, 2.05) is 29.7 Å². The molecule has 0 bridgehead atoms. The maximum absolute atomic E-state index is 11.1. The first kappa shape index (κ1) is 17.3. The molecule has 0 saturated carbocycles. The molecule has 8 heteroatoms. The molecule has 0 fully saturated rings. The molecule has 3 aromatic rings. The van der Waals surface area contributed by atoms with Crippen LogP contribution in [-0.4, -0.2) is 34.9 Å². The van der Waals surface area contributed by atoms with Crippen LogP contribution in [-0.2, 0) is 4.79 Å². The number of nitrogens with zero attached hydrogens (tertiary/aromatic N) is 1. The number of phenols is 1. The molecule has 1 aromatic heterocycles. The fourth-order valence-electron chi connectivity index (χ4n) is 2.48. The first-order valence-electron chi connectivity index (χ1n) is 7.76. The highest BCUT2D eigenvalue weighted by Gasteiger charge is 2.14. The molecule has 0 unspecified atom stereocenters. The third kappa shape index (κ3) is 3.60. The third-order valence-corrected chi connectivity index (χ3v) is 3.81. The van der Waals surface area contributed by atoms with Crippen LogP contribution in [0.4, 0.5) is 0 Å². The van der Waals surface area contributed by atoms with E-state index in [0.717, 1.165) is 16.9 Å². The molecule has 0 aliphatic heterocycles. The van der Waals surface area contributed by atoms with Crippen LogP contribution in [0.1, 0.15) is 0 Å². The smallest absolute Gasteiger partial charge is 0.271 e. The number of aromatic nitrogens is 2. The number of rotatable bonds is 6. The van der Waals surface area contributed by atoms with Gasteiger partial charge in [-0.05, 0) is 29.8 Å². The fourth-order valence-corrected chi connectivity index (χ4v) is 2.48. The average molecular weight is 354 g/mol. The summed E-state index contributed by atoms with van der Waals surface area (Å²) < 4.78 is 10.4. The summed E-state index contributed by atoms with van der Waals surface area (Å²) in [5.74, 6) is 5.63. The van der Waals surface area contributed by atoms with Crippen LogP contribution in [0.5, 0.6) is 17.2 Å². The van der Waals surface area contributed by atoms with E-state index >= 15 is 0 Å². The first-order valence-corrected chi connectivity index (χ1v) is 7.76. The van der Waals surface area contributed by atoms with Crippen LogP contribution in [0.2, 0.25) is 0 Å². The van der Waals surface area contributed by atoms with Crippen LogP contribution in [0.15, 0.2) is 48.7 Å². The number of hydrogen-bond donors (Lipinski definition) is 4. The Bertz CT molecular complexity index is 906. The maximum Gasteiger partial charge on any atom is 0.271 e. The van der Waals surface area contributed by atoms with Gasteiger partial charge in [0.05, 0.1) is 19.0 Å². The number of H-pyrrole nitrogens is 1. The number of hydrogen-bond acceptors (Lipinski definition) is 6. The van der Waals surface area contributed by atoms with E-state index in [1.165, 1.54) is 6.07 Å². The summed E-state index contributed by atoms with van der Waals surface area (Å²) in [7, 11) is 1.61. The second kappa shape index (κ2) is 7.58. The summed E-state index contributed by atoms with van der Waals surface area (Å²) in [6.45, 7) is -0.240. The summed E-state index contributed by atoms with van der Waals surface area (Å²) in [4.78, 5) is 11.1. The second-order valence-electron chi connectivity index (χ2n) is 5.42. The van der Waals surface area contributed by atoms with Crippen molar-refractivity contribution < 1.29 is 19.4 Å². The molecule has 0 radical (unpaired) electrons. The number of nitrogens with one attached hydrogen (secondary N) is 2. The van der Waals surface area contributed by atoms with Gasteiger partial charge in [0.25, 0.3) is 5.91 Å². The molecule has 0 aliphatic carbocycles. The quantitative estimate of drug-likeness (QED) is 0.304. The topological polar surface area (TPSA) is 122 Å². The highest BCUT2D eigenvalue weighted by molar-refractivity contribution is 5.83. The zero-order valence-corrected chi connectivity index (χ0v) is 14.0. The lowest BCUT2D eigenvalue weighted by atomic mass is 10.0. The van der Waals surface area contributed by atoms with E-state index in [9.17, 15) is 9.90 Å². The van der Waals surface area contributed by atoms with Crippen molar-refractivity contribution in [3.05, 3.63) is 48.7 Å². The van der Waals surface area contributed by atoms with Crippen LogP contribution in [0, 0.1) is 0 Å². The number of nitrogens with two attached hydrogens (primary N) is 1. The van der Waals surface area contributed by atoms with Crippen molar-refractivity contribution in [1.29, 1.82) is 0 Å². The van der Waals surface area contributed by atoms with Gasteiger partial charge in [0.2, 0.25) is 0 Å². The van der Waals surface area contributed by atoms with Crippen LogP contribution >= 0.6 is 0 Å². The molecule has 0 aliphatic rings. The lowest BCUT2D eigenvalue weighted by Crippen LogP contribution is -2.34. The molecule has 0 atom stereocenters. The number of methoxy groups -OCH3 is 1. The minimum atomic E-state index is -0.469. The van der Waals surface area contributed by atoms with Crippen molar-refractivity contribution in [3.63, 3.8) is 0 Å². The Morgan fingerprint density at radius 3 is 2.58 bits per heavy atom. The molecule has 2 aromatic carbocycles. The maximum atomic E-state index is 11.1. The molecule has 1 amide bonds. The van der Waals surface area contributed by atoms with Crippen LogP contribution in [0.3, 0.4) is 0 Å². The lowest BCUT2D eigenvalue weighted by Gasteiger charge is -2.10. The molecule has 5 N–H and O–H groups in total. The van der Waals surface area contributed by atoms with Gasteiger partial charge in [-0.2, -0.15) is 5.10 Å². The Morgan fingerprint density at radius 1 is 1.19 bits per heavy atom. The number of hydrazine groups is 1. The van der Waals surface area contributed by atoms with Gasteiger partial charge in [-0.25, -0.2) is 5.84 Å². The van der Waals surface area contributed by atoms with E-state index in [-0.39, 0.29) is 12.4 Å². The van der Waals surface area contributed by atoms with Gasteiger partial charge in [0.15, 0.2) is 6.61 Å². The third-order valence-electron chi connectivity index (χ3n) is 3.81.